The second kappa shape index (κ2) is 7.14. The summed E-state index contributed by atoms with van der Waals surface area (Å²) in [7, 11) is 0. The van der Waals surface area contributed by atoms with Crippen LogP contribution in [0.2, 0.25) is 0 Å². The zero-order chi connectivity index (χ0) is 13.6. The quantitative estimate of drug-likeness (QED) is 0.826. The summed E-state index contributed by atoms with van der Waals surface area (Å²) in [5.41, 5.74) is 0. The maximum absolute atomic E-state index is 5.27. The number of hydrogen-bond donors (Lipinski definition) is 1. The van der Waals surface area contributed by atoms with Gasteiger partial charge in [-0.15, -0.1) is 11.8 Å². The molecule has 0 spiro atoms. The van der Waals surface area contributed by atoms with Gasteiger partial charge in [0, 0.05) is 17.2 Å². The minimum Gasteiger partial charge on any atom is -0.339 e. The van der Waals surface area contributed by atoms with Gasteiger partial charge in [-0.3, -0.25) is 0 Å². The highest BCUT2D eigenvalue weighted by Gasteiger charge is 2.14. The number of nitrogens with zero attached hydrogens (tertiary/aromatic N) is 2. The number of rotatable bonds is 7. The summed E-state index contributed by atoms with van der Waals surface area (Å²) in [4.78, 5) is 4.42. The van der Waals surface area contributed by atoms with E-state index in [2.05, 4.69) is 50.1 Å². The van der Waals surface area contributed by atoms with Crippen molar-refractivity contribution in [3.63, 3.8) is 0 Å². The Morgan fingerprint density at radius 3 is 2.72 bits per heavy atom. The van der Waals surface area contributed by atoms with Gasteiger partial charge in [0.2, 0.25) is 5.89 Å². The largest absolute Gasteiger partial charge is 0.339 e. The van der Waals surface area contributed by atoms with Gasteiger partial charge in [-0.1, -0.05) is 32.9 Å². The van der Waals surface area contributed by atoms with Crippen LogP contribution in [0.3, 0.4) is 0 Å². The first-order valence-corrected chi connectivity index (χ1v) is 7.58. The van der Waals surface area contributed by atoms with E-state index in [1.54, 1.807) is 0 Å². The Kier molecular flexibility index (Phi) is 6.15. The van der Waals surface area contributed by atoms with E-state index in [9.17, 15) is 0 Å². The lowest BCUT2D eigenvalue weighted by Gasteiger charge is -2.15. The summed E-state index contributed by atoms with van der Waals surface area (Å²) in [6.45, 7) is 11.9. The smallest absolute Gasteiger partial charge is 0.228 e. The van der Waals surface area contributed by atoms with Crippen LogP contribution in [0.15, 0.2) is 4.52 Å². The molecular weight excluding hydrogens is 246 g/mol. The zero-order valence-electron chi connectivity index (χ0n) is 12.1. The fourth-order valence-corrected chi connectivity index (χ4v) is 2.12. The summed E-state index contributed by atoms with van der Waals surface area (Å²) in [6.07, 6.45) is 1.94. The van der Waals surface area contributed by atoms with E-state index in [1.807, 2.05) is 11.8 Å². The molecule has 0 saturated heterocycles. The number of hydrogen-bond acceptors (Lipinski definition) is 5. The van der Waals surface area contributed by atoms with Crippen molar-refractivity contribution < 1.29 is 4.52 Å². The lowest BCUT2D eigenvalue weighted by Crippen LogP contribution is -2.28. The van der Waals surface area contributed by atoms with Gasteiger partial charge in [-0.05, 0) is 19.9 Å². The molecule has 4 nitrogen and oxygen atoms in total. The summed E-state index contributed by atoms with van der Waals surface area (Å²) < 4.78 is 5.50. The second-order valence-corrected chi connectivity index (χ2v) is 7.37. The van der Waals surface area contributed by atoms with Crippen LogP contribution in [-0.4, -0.2) is 27.5 Å². The molecule has 18 heavy (non-hydrogen) atoms. The lowest BCUT2D eigenvalue weighted by molar-refractivity contribution is 0.358. The number of aromatic nitrogens is 2. The molecule has 1 rings (SSSR count). The topological polar surface area (TPSA) is 51.0 Å². The third kappa shape index (κ3) is 6.40. The van der Waals surface area contributed by atoms with Crippen molar-refractivity contribution in [3.8, 4) is 0 Å². The highest BCUT2D eigenvalue weighted by Crippen LogP contribution is 2.26. The molecule has 1 heterocycles. The van der Waals surface area contributed by atoms with E-state index in [4.69, 9.17) is 4.52 Å². The van der Waals surface area contributed by atoms with Crippen molar-refractivity contribution in [1.82, 2.24) is 15.5 Å². The van der Waals surface area contributed by atoms with Crippen molar-refractivity contribution in [1.29, 1.82) is 0 Å². The maximum atomic E-state index is 5.27. The summed E-state index contributed by atoms with van der Waals surface area (Å²) >= 11 is 1.83. The highest BCUT2D eigenvalue weighted by molar-refractivity contribution is 7.99. The van der Waals surface area contributed by atoms with Crippen molar-refractivity contribution in [2.24, 2.45) is 0 Å². The monoisotopic (exact) mass is 271 g/mol. The van der Waals surface area contributed by atoms with Crippen LogP contribution in [0.5, 0.6) is 0 Å². The van der Waals surface area contributed by atoms with Crippen LogP contribution in [-0.2, 0) is 12.2 Å². The first-order valence-electron chi connectivity index (χ1n) is 6.59. The number of nitrogens with one attached hydrogen (secondary N) is 1. The van der Waals surface area contributed by atoms with Gasteiger partial charge >= 0.3 is 0 Å². The van der Waals surface area contributed by atoms with Gasteiger partial charge in [0.05, 0.1) is 5.75 Å². The average Bonchev–Trinajstić information content (AvgIpc) is 2.70. The molecule has 0 aliphatic carbocycles. The van der Waals surface area contributed by atoms with E-state index in [0.717, 1.165) is 36.9 Å². The lowest BCUT2D eigenvalue weighted by atomic mass is 10.2. The van der Waals surface area contributed by atoms with Gasteiger partial charge < -0.3 is 9.84 Å². The van der Waals surface area contributed by atoms with Gasteiger partial charge in [-0.2, -0.15) is 4.98 Å². The maximum Gasteiger partial charge on any atom is 0.228 e. The zero-order valence-corrected chi connectivity index (χ0v) is 12.9. The molecule has 0 aliphatic rings. The third-order valence-electron chi connectivity index (χ3n) is 2.37. The Labute approximate surface area is 114 Å². The summed E-state index contributed by atoms with van der Waals surface area (Å²) in [5.74, 6) is 2.34. The van der Waals surface area contributed by atoms with Crippen LogP contribution in [0.25, 0.3) is 0 Å². The predicted molar refractivity (Wildman–Crippen MR) is 76.8 cm³/mol. The summed E-state index contributed by atoms with van der Waals surface area (Å²) in [6, 6.07) is 0.383. The molecule has 1 N–H and O–H groups in total. The van der Waals surface area contributed by atoms with Crippen LogP contribution < -0.4 is 5.32 Å². The molecular formula is C13H25N3OS. The third-order valence-corrected chi connectivity index (χ3v) is 3.64. The minimum atomic E-state index is 0.233. The molecule has 104 valence electrons. The van der Waals surface area contributed by atoms with Crippen molar-refractivity contribution in [2.75, 3.05) is 6.54 Å². The molecule has 1 unspecified atom stereocenters. The van der Waals surface area contributed by atoms with Crippen LogP contribution in [0.1, 0.15) is 52.8 Å². The van der Waals surface area contributed by atoms with Gasteiger partial charge in [0.15, 0.2) is 5.82 Å². The SMILES string of the molecule is CCCNC(C)Cc1nc(CSC(C)(C)C)no1. The molecule has 0 aromatic carbocycles. The highest BCUT2D eigenvalue weighted by atomic mass is 32.2. The molecule has 0 radical (unpaired) electrons. The first-order chi connectivity index (χ1) is 8.40. The Hall–Kier alpha value is -0.550. The Balaban J connectivity index is 2.38. The number of thioether (sulfide) groups is 1. The van der Waals surface area contributed by atoms with Gasteiger partial charge in [-0.25, -0.2) is 0 Å². The molecule has 0 fully saturated rings. The van der Waals surface area contributed by atoms with Crippen molar-refractivity contribution in [3.05, 3.63) is 11.7 Å². The Morgan fingerprint density at radius 1 is 1.39 bits per heavy atom. The normalized spacial score (nSPS) is 13.8. The van der Waals surface area contributed by atoms with E-state index in [-0.39, 0.29) is 4.75 Å². The van der Waals surface area contributed by atoms with E-state index in [1.165, 1.54) is 0 Å². The molecule has 0 saturated carbocycles. The van der Waals surface area contributed by atoms with Gasteiger partial charge in [0.1, 0.15) is 0 Å². The average molecular weight is 271 g/mol. The van der Waals surface area contributed by atoms with Crippen LogP contribution in [0.4, 0.5) is 0 Å². The van der Waals surface area contributed by atoms with E-state index in [0.29, 0.717) is 6.04 Å². The molecule has 1 aromatic heterocycles. The van der Waals surface area contributed by atoms with Crippen molar-refractivity contribution >= 4 is 11.8 Å². The predicted octanol–water partition coefficient (Wildman–Crippen LogP) is 3.03. The van der Waals surface area contributed by atoms with Crippen LogP contribution >= 0.6 is 11.8 Å². The standard InChI is InChI=1S/C13H25N3OS/c1-6-7-14-10(2)8-12-15-11(16-17-12)9-18-13(3,4)5/h10,14H,6-9H2,1-5H3. The van der Waals surface area contributed by atoms with E-state index < -0.39 is 0 Å². The fourth-order valence-electron chi connectivity index (χ4n) is 1.44. The fraction of sp³-hybridized carbons (Fsp3) is 0.846. The molecule has 5 heteroatoms. The van der Waals surface area contributed by atoms with E-state index >= 15 is 0 Å². The van der Waals surface area contributed by atoms with Crippen LogP contribution in [0, 0.1) is 0 Å². The minimum absolute atomic E-state index is 0.233. The van der Waals surface area contributed by atoms with Gasteiger partial charge in [0.25, 0.3) is 0 Å². The van der Waals surface area contributed by atoms with Crippen molar-refractivity contribution in [2.45, 2.75) is 64.0 Å². The molecule has 1 atom stereocenters. The molecule has 0 bridgehead atoms. The Morgan fingerprint density at radius 2 is 2.11 bits per heavy atom. The second-order valence-electron chi connectivity index (χ2n) is 5.56. The molecule has 1 aromatic rings. The molecule has 0 amide bonds. The first kappa shape index (κ1) is 15.5. The molecule has 0 aliphatic heterocycles. The summed E-state index contributed by atoms with van der Waals surface area (Å²) in [5, 5.41) is 7.43. The Bertz CT molecular complexity index is 346.